The van der Waals surface area contributed by atoms with Gasteiger partial charge in [0.15, 0.2) is 31.9 Å². The molecule has 0 aliphatic carbocycles. The number of carbonyl (C=O) groups is 6. The summed E-state index contributed by atoms with van der Waals surface area (Å²) in [5.41, 5.74) is 3.10. The predicted octanol–water partition coefficient (Wildman–Crippen LogP) is 7.45. The number of nitrogens with zero attached hydrogens (tertiary/aromatic N) is 12. The van der Waals surface area contributed by atoms with Crippen LogP contribution in [0.2, 0.25) is 10.0 Å². The molecule has 4 fully saturated rings. The van der Waals surface area contributed by atoms with Crippen molar-refractivity contribution in [2.45, 2.75) is 24.2 Å². The highest BCUT2D eigenvalue weighted by Crippen LogP contribution is 2.40. The Balaban J connectivity index is 0.000000185. The van der Waals surface area contributed by atoms with Crippen LogP contribution in [0.25, 0.3) is 12.2 Å². The summed E-state index contributed by atoms with van der Waals surface area (Å²) >= 11 is 18.3. The molecule has 6 aliphatic rings. The Bertz CT molecular complexity index is 3700. The van der Waals surface area contributed by atoms with Crippen LogP contribution < -0.4 is 20.4 Å². The number of ether oxygens (including phenoxy) is 4. The topological polar surface area (TPSA) is 259 Å². The number of piperazine rings is 2. The van der Waals surface area contributed by atoms with Crippen molar-refractivity contribution in [3.8, 4) is 0 Å². The first-order valence-electron chi connectivity index (χ1n) is 27.6. The fourth-order valence-electron chi connectivity index (χ4n) is 10.9. The van der Waals surface area contributed by atoms with Crippen LogP contribution in [0.3, 0.4) is 0 Å². The van der Waals surface area contributed by atoms with Gasteiger partial charge in [0.1, 0.15) is 23.7 Å². The highest BCUT2D eigenvalue weighted by molar-refractivity contribution is 7.16. The summed E-state index contributed by atoms with van der Waals surface area (Å²) in [7, 11) is 5.19. The quantitative estimate of drug-likeness (QED) is 0.0542. The zero-order valence-electron chi connectivity index (χ0n) is 48.2. The lowest BCUT2D eigenvalue weighted by Gasteiger charge is -2.38. The lowest BCUT2D eigenvalue weighted by atomic mass is 9.95. The van der Waals surface area contributed by atoms with E-state index in [1.165, 1.54) is 122 Å². The number of rotatable bonds is 16. The number of amides is 4. The Morgan fingerprint density at radius 1 is 0.633 bits per heavy atom. The molecule has 4 aromatic heterocycles. The van der Waals surface area contributed by atoms with Crippen LogP contribution in [0.15, 0.2) is 116 Å². The zero-order valence-corrected chi connectivity index (χ0v) is 53.0. The predicted molar refractivity (Wildman–Crippen MR) is 336 cm³/mol. The third-order valence-corrected chi connectivity index (χ3v) is 19.2. The van der Waals surface area contributed by atoms with Crippen LogP contribution in [-0.4, -0.2) is 193 Å². The van der Waals surface area contributed by atoms with Crippen LogP contribution in [0, 0.1) is 11.6 Å². The van der Waals surface area contributed by atoms with Crippen molar-refractivity contribution < 1.29 is 56.5 Å². The molecule has 4 atom stereocenters. The number of methoxy groups -OCH3 is 4. The average molecular weight is 1340 g/mol. The Morgan fingerprint density at radius 3 is 1.58 bits per heavy atom. The van der Waals surface area contributed by atoms with Gasteiger partial charge in [0, 0.05) is 137 Å². The Hall–Kier alpha value is -8.36. The molecule has 468 valence electrons. The molecule has 24 nitrogen and oxygen atoms in total. The smallest absolute Gasteiger partial charge is 0.338 e. The molecule has 0 spiro atoms. The third kappa shape index (κ3) is 13.7. The number of benzene rings is 2. The number of carbonyl (C=O) groups excluding carboxylic acids is 6. The number of urea groups is 2. The van der Waals surface area contributed by atoms with E-state index >= 15 is 0 Å². The summed E-state index contributed by atoms with van der Waals surface area (Å²) in [5.74, 6) is -2.24. The number of anilines is 2. The van der Waals surface area contributed by atoms with Crippen molar-refractivity contribution in [1.82, 2.24) is 50.2 Å². The average Bonchev–Trinajstić information content (AvgIpc) is 1.15. The van der Waals surface area contributed by atoms with Crippen LogP contribution in [0.4, 0.5) is 28.6 Å². The number of hydrogen-bond acceptors (Lipinski definition) is 24. The molecule has 0 unspecified atom stereocenters. The van der Waals surface area contributed by atoms with Crippen molar-refractivity contribution >= 4 is 139 Å². The van der Waals surface area contributed by atoms with Gasteiger partial charge in [-0.2, -0.15) is 0 Å². The molecule has 0 radical (unpaired) electrons. The van der Waals surface area contributed by atoms with Crippen LogP contribution >= 0.6 is 68.5 Å². The van der Waals surface area contributed by atoms with Crippen LogP contribution in [0.5, 0.6) is 0 Å². The van der Waals surface area contributed by atoms with E-state index in [1.807, 2.05) is 20.6 Å². The molecule has 2 N–H and O–H groups in total. The van der Waals surface area contributed by atoms with Crippen molar-refractivity contribution in [2.75, 3.05) is 104 Å². The molecule has 12 rings (SSSR count). The van der Waals surface area contributed by atoms with Gasteiger partial charge in [-0.25, -0.2) is 57.5 Å². The fourth-order valence-corrected chi connectivity index (χ4v) is 14.3. The molecule has 4 saturated heterocycles. The van der Waals surface area contributed by atoms with Gasteiger partial charge in [0.25, 0.3) is 0 Å². The van der Waals surface area contributed by atoms with Crippen LogP contribution in [0.1, 0.15) is 43.8 Å². The van der Waals surface area contributed by atoms with E-state index in [1.54, 1.807) is 45.9 Å². The normalized spacial score (nSPS) is 20.4. The molecule has 2 aromatic carbocycles. The number of nitrogens with one attached hydrogen (secondary N) is 2. The molecular weight excluding hydrogens is 1290 g/mol. The molecule has 0 saturated carbocycles. The van der Waals surface area contributed by atoms with E-state index in [9.17, 15) is 37.5 Å². The van der Waals surface area contributed by atoms with E-state index in [2.05, 4.69) is 49.8 Å². The summed E-state index contributed by atoms with van der Waals surface area (Å²) in [4.78, 5) is 115. The van der Waals surface area contributed by atoms with Crippen molar-refractivity contribution in [3.63, 3.8) is 0 Å². The SMILES string of the molecule is COC(=O)/C=C/c1cnc(N2C[C@@H]3CN(CC4=C(C(=O)OC)[C@H](c5ccc(F)cc5Cl)N=C(c5nccs5)N4)CCN3C2=O)s1.COC(=O)/C=C/c1csc(N2C[C@@H]3CN(CC4=C(C(=O)OC)[C@H](c5ccc(F)cc5Cl)N=C(c5nccs5)N4)CCN3C2=O)n1. The molecule has 4 amide bonds. The summed E-state index contributed by atoms with van der Waals surface area (Å²) in [5, 5.41) is 14.6. The second-order valence-electron chi connectivity index (χ2n) is 20.5. The van der Waals surface area contributed by atoms with Crippen molar-refractivity contribution in [1.29, 1.82) is 0 Å². The van der Waals surface area contributed by atoms with Crippen molar-refractivity contribution in [2.24, 2.45) is 9.98 Å². The molecule has 0 bridgehead atoms. The monoisotopic (exact) mass is 1340 g/mol. The maximum Gasteiger partial charge on any atom is 0.338 e. The Morgan fingerprint density at radius 2 is 1.12 bits per heavy atom. The highest BCUT2D eigenvalue weighted by atomic mass is 35.5. The third-order valence-electron chi connectivity index (χ3n) is 15.1. The first-order valence-corrected chi connectivity index (χ1v) is 31.8. The summed E-state index contributed by atoms with van der Waals surface area (Å²) in [6.07, 6.45) is 10.7. The van der Waals surface area contributed by atoms with Crippen molar-refractivity contribution in [3.05, 3.63) is 159 Å². The number of aromatic nitrogens is 4. The Kier molecular flexibility index (Phi) is 19.5. The first kappa shape index (κ1) is 63.2. The van der Waals surface area contributed by atoms with E-state index in [0.717, 1.165) is 0 Å². The van der Waals surface area contributed by atoms with Gasteiger partial charge in [-0.3, -0.25) is 29.6 Å². The summed E-state index contributed by atoms with van der Waals surface area (Å²) < 4.78 is 47.6. The van der Waals surface area contributed by atoms with E-state index in [-0.39, 0.29) is 45.3 Å². The van der Waals surface area contributed by atoms with E-state index in [0.29, 0.717) is 130 Å². The van der Waals surface area contributed by atoms with Crippen LogP contribution in [-0.2, 0) is 38.1 Å². The minimum Gasteiger partial charge on any atom is -0.466 e. The summed E-state index contributed by atoms with van der Waals surface area (Å²) in [6.45, 7) is 4.62. The van der Waals surface area contributed by atoms with Gasteiger partial charge in [0.2, 0.25) is 0 Å². The fraction of sp³-hybridized carbons (Fsp3) is 0.310. The molecule has 6 aromatic rings. The largest absolute Gasteiger partial charge is 0.466 e. The highest BCUT2D eigenvalue weighted by Gasteiger charge is 2.45. The lowest BCUT2D eigenvalue weighted by Crippen LogP contribution is -2.53. The number of esters is 4. The first-order chi connectivity index (χ1) is 43.5. The Labute approximate surface area is 539 Å². The minimum absolute atomic E-state index is 0.121. The number of fused-ring (bicyclic) bond motifs is 2. The molecule has 6 aliphatic heterocycles. The number of hydrogen-bond donors (Lipinski definition) is 2. The second kappa shape index (κ2) is 27.8. The maximum atomic E-state index is 14.0. The van der Waals surface area contributed by atoms with Gasteiger partial charge >= 0.3 is 35.9 Å². The van der Waals surface area contributed by atoms with Gasteiger partial charge in [-0.15, -0.1) is 34.0 Å². The zero-order chi connectivity index (χ0) is 63.3. The van der Waals surface area contributed by atoms with E-state index < -0.39 is 47.6 Å². The van der Waals surface area contributed by atoms with Gasteiger partial charge in [-0.1, -0.05) is 46.7 Å². The number of aliphatic imine (C=N–C) groups is 2. The summed E-state index contributed by atoms with van der Waals surface area (Å²) in [6, 6.07) is 5.74. The molecule has 90 heavy (non-hydrogen) atoms. The standard InChI is InChI=1S/2C29H27ClFN7O5S2/c1-42-22(39)6-4-18-12-33-28(45-18)38-14-17-13-36(8-9-37(17)29(38)41)15-21-23(27(40)43-2)24(19-5-3-16(31)11-20(19)30)35-25(34-21)26-32-7-10-44-26;1-42-22(39)6-4-17-15-45-28(33-17)38-13-18-12-36(8-9-37(18)29(38)41)14-21-23(27(40)43-2)24(19-5-3-16(31)11-20(19)30)35-25(34-21)26-32-7-10-44-26/h3-7,10-12,17,24H,8-9,13-15H2,1-2H3,(H,34,35);3-7,10-11,15,18,24H,8-9,12-14H2,1-2H3,(H,34,35)/b2*6-4+/t17-,24-;18-,24-/m00/s1. The number of thiazole rings is 4. The molecule has 10 heterocycles. The molecular formula is C58H54Cl2F2N14O10S4. The number of amidine groups is 2. The minimum atomic E-state index is -0.863. The second-order valence-corrected chi connectivity index (χ2v) is 25.0. The number of halogens is 4. The van der Waals surface area contributed by atoms with Gasteiger partial charge < -0.3 is 39.4 Å². The lowest BCUT2D eigenvalue weighted by molar-refractivity contribution is -0.137. The maximum absolute atomic E-state index is 14.0. The van der Waals surface area contributed by atoms with Gasteiger partial charge in [-0.05, 0) is 36.4 Å². The van der Waals surface area contributed by atoms with Gasteiger partial charge in [0.05, 0.1) is 70.5 Å². The van der Waals surface area contributed by atoms with E-state index in [4.69, 9.17) is 42.7 Å². The molecule has 32 heteroatoms.